The summed E-state index contributed by atoms with van der Waals surface area (Å²) in [6, 6.07) is 5.05. The fraction of sp³-hybridized carbons (Fsp3) is 0.579. The van der Waals surface area contributed by atoms with E-state index >= 15 is 0 Å². The van der Waals surface area contributed by atoms with E-state index in [1.807, 2.05) is 6.92 Å². The number of carbonyl (C=O) groups excluding carboxylic acids is 1. The zero-order valence-electron chi connectivity index (χ0n) is 17.0. The molecule has 0 aliphatic rings. The molecule has 6 nitrogen and oxygen atoms in total. The summed E-state index contributed by atoms with van der Waals surface area (Å²) in [5.74, 6) is 0.244. The number of ether oxygens (including phenoxy) is 1. The van der Waals surface area contributed by atoms with E-state index < -0.39 is 11.7 Å². The highest BCUT2D eigenvalue weighted by molar-refractivity contribution is 14.0. The van der Waals surface area contributed by atoms with Gasteiger partial charge in [-0.1, -0.05) is 12.1 Å². The van der Waals surface area contributed by atoms with E-state index in [9.17, 15) is 18.0 Å². The molecule has 0 atom stereocenters. The Morgan fingerprint density at radius 1 is 1.21 bits per heavy atom. The molecule has 0 unspecified atom stereocenters. The van der Waals surface area contributed by atoms with Crippen LogP contribution in [0.2, 0.25) is 0 Å². The number of likely N-dealkylation sites (N-methyl/N-ethyl adjacent to an activating group) is 1. The number of aliphatic imine (C=N–C) groups is 1. The molecule has 0 bridgehead atoms. The van der Waals surface area contributed by atoms with Crippen LogP contribution in [0.15, 0.2) is 29.3 Å². The lowest BCUT2D eigenvalue weighted by molar-refractivity contribution is -0.137. The van der Waals surface area contributed by atoms with Crippen molar-refractivity contribution in [2.75, 3.05) is 40.4 Å². The van der Waals surface area contributed by atoms with Crippen LogP contribution >= 0.6 is 24.0 Å². The molecule has 0 aliphatic heterocycles. The number of unbranched alkanes of at least 4 members (excludes halogenated alkanes) is 1. The van der Waals surface area contributed by atoms with E-state index in [2.05, 4.69) is 15.6 Å². The zero-order chi connectivity index (χ0) is 21.0. The highest BCUT2D eigenvalue weighted by Gasteiger charge is 2.30. The molecule has 0 spiro atoms. The van der Waals surface area contributed by atoms with Crippen LogP contribution in [0.25, 0.3) is 0 Å². The van der Waals surface area contributed by atoms with Crippen LogP contribution in [-0.4, -0.2) is 57.2 Å². The summed E-state index contributed by atoms with van der Waals surface area (Å²) in [5, 5.41) is 6.01. The molecule has 1 rings (SSSR count). The summed E-state index contributed by atoms with van der Waals surface area (Å²) in [4.78, 5) is 17.5. The average molecular weight is 530 g/mol. The Kier molecular flexibility index (Phi) is 13.7. The van der Waals surface area contributed by atoms with E-state index in [1.54, 1.807) is 20.2 Å². The number of carbonyl (C=O) groups is 1. The van der Waals surface area contributed by atoms with Gasteiger partial charge in [-0.15, -0.1) is 24.0 Å². The number of rotatable bonds is 10. The van der Waals surface area contributed by atoms with Gasteiger partial charge in [0.1, 0.15) is 0 Å². The molecule has 0 aliphatic carbocycles. The van der Waals surface area contributed by atoms with Gasteiger partial charge in [0.2, 0.25) is 5.91 Å². The fourth-order valence-electron chi connectivity index (χ4n) is 2.19. The molecular weight excluding hydrogens is 500 g/mol. The fourth-order valence-corrected chi connectivity index (χ4v) is 2.19. The molecular formula is C19H30F3IN4O2. The first-order chi connectivity index (χ1) is 13.2. The van der Waals surface area contributed by atoms with Gasteiger partial charge in [0.05, 0.1) is 18.7 Å². The molecule has 29 heavy (non-hydrogen) atoms. The summed E-state index contributed by atoms with van der Waals surface area (Å²) in [5.41, 5.74) is -0.271. The second-order valence-corrected chi connectivity index (χ2v) is 6.34. The van der Waals surface area contributed by atoms with Crippen LogP contribution < -0.4 is 10.6 Å². The van der Waals surface area contributed by atoms with Gasteiger partial charge in [-0.25, -0.2) is 4.99 Å². The molecule has 1 amide bonds. The van der Waals surface area contributed by atoms with Gasteiger partial charge in [-0.3, -0.25) is 4.79 Å². The zero-order valence-corrected chi connectivity index (χ0v) is 19.3. The van der Waals surface area contributed by atoms with Crippen molar-refractivity contribution in [2.45, 2.75) is 32.5 Å². The topological polar surface area (TPSA) is 66.0 Å². The number of nitrogens with zero attached hydrogens (tertiary/aromatic N) is 2. The SMILES string of the molecule is CCOCCCCNC(=NCc1cccc(C(F)(F)F)c1)NCC(=O)N(C)C.I. The number of benzene rings is 1. The number of nitrogens with one attached hydrogen (secondary N) is 2. The minimum Gasteiger partial charge on any atom is -0.382 e. The van der Waals surface area contributed by atoms with Crippen LogP contribution in [0.1, 0.15) is 30.9 Å². The van der Waals surface area contributed by atoms with Gasteiger partial charge in [0.15, 0.2) is 5.96 Å². The van der Waals surface area contributed by atoms with Crippen molar-refractivity contribution < 1.29 is 22.7 Å². The molecule has 0 radical (unpaired) electrons. The molecule has 1 aromatic carbocycles. The number of alkyl halides is 3. The van der Waals surface area contributed by atoms with Crippen LogP contribution in [0, 0.1) is 0 Å². The largest absolute Gasteiger partial charge is 0.416 e. The minimum atomic E-state index is -4.39. The third kappa shape index (κ3) is 11.9. The average Bonchev–Trinajstić information content (AvgIpc) is 2.65. The van der Waals surface area contributed by atoms with E-state index in [4.69, 9.17) is 4.74 Å². The van der Waals surface area contributed by atoms with Gasteiger partial charge >= 0.3 is 6.18 Å². The number of guanidine groups is 1. The first-order valence-electron chi connectivity index (χ1n) is 9.20. The van der Waals surface area contributed by atoms with Crippen molar-refractivity contribution in [3.63, 3.8) is 0 Å². The Morgan fingerprint density at radius 2 is 1.93 bits per heavy atom. The Balaban J connectivity index is 0.00000784. The lowest BCUT2D eigenvalue weighted by Gasteiger charge is -2.15. The predicted molar refractivity (Wildman–Crippen MR) is 118 cm³/mol. The molecule has 0 heterocycles. The van der Waals surface area contributed by atoms with E-state index in [-0.39, 0.29) is 43.0 Å². The van der Waals surface area contributed by atoms with Crippen molar-refractivity contribution in [3.05, 3.63) is 35.4 Å². The van der Waals surface area contributed by atoms with Crippen molar-refractivity contribution in [1.29, 1.82) is 0 Å². The first kappa shape index (κ1) is 27.4. The Morgan fingerprint density at radius 3 is 2.55 bits per heavy atom. The first-order valence-corrected chi connectivity index (χ1v) is 9.20. The Labute approximate surface area is 187 Å². The summed E-state index contributed by atoms with van der Waals surface area (Å²) in [6.07, 6.45) is -2.68. The van der Waals surface area contributed by atoms with Crippen molar-refractivity contribution in [1.82, 2.24) is 15.5 Å². The lowest BCUT2D eigenvalue weighted by atomic mass is 10.1. The van der Waals surface area contributed by atoms with Crippen molar-refractivity contribution in [2.24, 2.45) is 4.99 Å². The maximum absolute atomic E-state index is 12.8. The summed E-state index contributed by atoms with van der Waals surface area (Å²) in [6.45, 7) is 3.99. The van der Waals surface area contributed by atoms with Gasteiger partial charge in [-0.05, 0) is 37.5 Å². The molecule has 0 saturated carbocycles. The third-order valence-electron chi connectivity index (χ3n) is 3.79. The lowest BCUT2D eigenvalue weighted by Crippen LogP contribution is -2.43. The van der Waals surface area contributed by atoms with Crippen molar-refractivity contribution in [3.8, 4) is 0 Å². The molecule has 0 fully saturated rings. The van der Waals surface area contributed by atoms with Gasteiger partial charge < -0.3 is 20.3 Å². The highest BCUT2D eigenvalue weighted by Crippen LogP contribution is 2.29. The molecule has 10 heteroatoms. The summed E-state index contributed by atoms with van der Waals surface area (Å²) >= 11 is 0. The molecule has 0 saturated heterocycles. The number of hydrogen-bond acceptors (Lipinski definition) is 3. The van der Waals surface area contributed by atoms with Crippen LogP contribution in [0.3, 0.4) is 0 Å². The molecule has 0 aromatic heterocycles. The smallest absolute Gasteiger partial charge is 0.382 e. The number of hydrogen-bond donors (Lipinski definition) is 2. The Hall–Kier alpha value is -1.56. The maximum Gasteiger partial charge on any atom is 0.416 e. The van der Waals surface area contributed by atoms with Gasteiger partial charge in [-0.2, -0.15) is 13.2 Å². The van der Waals surface area contributed by atoms with E-state index in [0.717, 1.165) is 25.0 Å². The maximum atomic E-state index is 12.8. The normalized spacial score (nSPS) is 11.6. The predicted octanol–water partition coefficient (Wildman–Crippen LogP) is 3.26. The standard InChI is InChI=1S/C19H29F3N4O2.HI/c1-4-28-11-6-5-10-23-18(25-14-17(27)26(2)3)24-13-15-8-7-9-16(12-15)19(20,21)22;/h7-9,12H,4-6,10-11,13-14H2,1-3H3,(H2,23,24,25);1H. The van der Waals surface area contributed by atoms with Crippen LogP contribution in [0.5, 0.6) is 0 Å². The van der Waals surface area contributed by atoms with E-state index in [0.29, 0.717) is 31.3 Å². The van der Waals surface area contributed by atoms with Crippen LogP contribution in [0.4, 0.5) is 13.2 Å². The minimum absolute atomic E-state index is 0. The monoisotopic (exact) mass is 530 g/mol. The number of amides is 1. The summed E-state index contributed by atoms with van der Waals surface area (Å²) < 4.78 is 43.8. The Bertz CT molecular complexity index is 640. The molecule has 1 aromatic rings. The third-order valence-corrected chi connectivity index (χ3v) is 3.79. The summed E-state index contributed by atoms with van der Waals surface area (Å²) in [7, 11) is 3.29. The van der Waals surface area contributed by atoms with E-state index in [1.165, 1.54) is 11.0 Å². The van der Waals surface area contributed by atoms with Gasteiger partial charge in [0, 0.05) is 33.9 Å². The van der Waals surface area contributed by atoms with Crippen LogP contribution in [-0.2, 0) is 22.3 Å². The highest BCUT2D eigenvalue weighted by atomic mass is 127. The second kappa shape index (κ2) is 14.4. The van der Waals surface area contributed by atoms with Crippen molar-refractivity contribution >= 4 is 35.8 Å². The quantitative estimate of drug-likeness (QED) is 0.211. The molecule has 166 valence electrons. The molecule has 2 N–H and O–H groups in total. The van der Waals surface area contributed by atoms with Gasteiger partial charge in [0.25, 0.3) is 0 Å². The number of halogens is 4. The second-order valence-electron chi connectivity index (χ2n) is 6.34.